The molecule has 2 aromatic rings. The van der Waals surface area contributed by atoms with Crippen molar-refractivity contribution in [1.29, 1.82) is 0 Å². The van der Waals surface area contributed by atoms with Crippen LogP contribution in [0.3, 0.4) is 0 Å². The van der Waals surface area contributed by atoms with Gasteiger partial charge in [-0.1, -0.05) is 0 Å². The van der Waals surface area contributed by atoms with Gasteiger partial charge in [0.25, 0.3) is 5.91 Å². The first-order valence-electron chi connectivity index (χ1n) is 11.0. The zero-order valence-electron chi connectivity index (χ0n) is 17.8. The number of hydrogen-bond acceptors (Lipinski definition) is 3. The van der Waals surface area contributed by atoms with Crippen molar-refractivity contribution in [2.75, 3.05) is 44.2 Å². The fraction of sp³-hybridized carbons (Fsp3) is 0.417. The van der Waals surface area contributed by atoms with Gasteiger partial charge in [0.2, 0.25) is 5.91 Å². The lowest BCUT2D eigenvalue weighted by atomic mass is 9.94. The first kappa shape index (κ1) is 22.2. The fourth-order valence-electron chi connectivity index (χ4n) is 4.47. The third-order valence-corrected chi connectivity index (χ3v) is 6.29. The van der Waals surface area contributed by atoms with Gasteiger partial charge in [0.15, 0.2) is 0 Å². The zero-order valence-corrected chi connectivity index (χ0v) is 17.8. The summed E-state index contributed by atoms with van der Waals surface area (Å²) in [6.45, 7) is 3.46. The molecule has 0 unspecified atom stereocenters. The van der Waals surface area contributed by atoms with Gasteiger partial charge in [-0.25, -0.2) is 13.2 Å². The predicted molar refractivity (Wildman–Crippen MR) is 115 cm³/mol. The van der Waals surface area contributed by atoms with Gasteiger partial charge >= 0.3 is 0 Å². The summed E-state index contributed by atoms with van der Waals surface area (Å²) in [6.07, 6.45) is 1.86. The Bertz CT molecular complexity index is 975. The molecule has 2 heterocycles. The Morgan fingerprint density at radius 2 is 1.44 bits per heavy atom. The molecule has 32 heavy (non-hydrogen) atoms. The van der Waals surface area contributed by atoms with E-state index in [4.69, 9.17) is 0 Å². The standard InChI is InChI=1S/C24H26F3N3O2/c25-18-2-5-20(6-3-18)28-10-1-11-29(15-14-28)23(31)17-8-12-30(13-9-17)24(32)21-7-4-19(26)16-22(21)27/h2-7,16-17H,1,8-15H2. The molecule has 8 heteroatoms. The molecule has 0 aromatic heterocycles. The molecular weight excluding hydrogens is 419 g/mol. The van der Waals surface area contributed by atoms with Crippen LogP contribution in [0.15, 0.2) is 42.5 Å². The van der Waals surface area contributed by atoms with Crippen LogP contribution in [-0.4, -0.2) is 60.9 Å². The number of carbonyl (C=O) groups excluding carboxylic acids is 2. The van der Waals surface area contributed by atoms with E-state index in [9.17, 15) is 22.8 Å². The summed E-state index contributed by atoms with van der Waals surface area (Å²) in [5, 5.41) is 0. The monoisotopic (exact) mass is 445 g/mol. The lowest BCUT2D eigenvalue weighted by Gasteiger charge is -2.34. The van der Waals surface area contributed by atoms with Crippen molar-refractivity contribution in [1.82, 2.24) is 9.80 Å². The quantitative estimate of drug-likeness (QED) is 0.724. The van der Waals surface area contributed by atoms with Crippen LogP contribution in [0.2, 0.25) is 0 Å². The molecular formula is C24H26F3N3O2. The maximum absolute atomic E-state index is 13.9. The van der Waals surface area contributed by atoms with Crippen molar-refractivity contribution in [3.63, 3.8) is 0 Å². The number of likely N-dealkylation sites (tertiary alicyclic amines) is 1. The van der Waals surface area contributed by atoms with E-state index in [2.05, 4.69) is 4.90 Å². The fourth-order valence-corrected chi connectivity index (χ4v) is 4.47. The minimum absolute atomic E-state index is 0.0889. The van der Waals surface area contributed by atoms with Crippen molar-refractivity contribution < 1.29 is 22.8 Å². The molecule has 2 aliphatic heterocycles. The van der Waals surface area contributed by atoms with Crippen LogP contribution in [0.4, 0.5) is 18.9 Å². The average Bonchev–Trinajstić information content (AvgIpc) is 3.05. The van der Waals surface area contributed by atoms with Crippen LogP contribution in [0.1, 0.15) is 29.6 Å². The molecule has 0 bridgehead atoms. The number of piperidine rings is 1. The molecule has 0 spiro atoms. The van der Waals surface area contributed by atoms with E-state index < -0.39 is 17.5 Å². The number of carbonyl (C=O) groups is 2. The number of amides is 2. The van der Waals surface area contributed by atoms with Crippen LogP contribution in [0.25, 0.3) is 0 Å². The van der Waals surface area contributed by atoms with Gasteiger partial charge in [-0.3, -0.25) is 9.59 Å². The predicted octanol–water partition coefficient (Wildman–Crippen LogP) is 3.70. The molecule has 2 fully saturated rings. The van der Waals surface area contributed by atoms with Crippen LogP contribution >= 0.6 is 0 Å². The maximum atomic E-state index is 13.9. The number of rotatable bonds is 3. The summed E-state index contributed by atoms with van der Waals surface area (Å²) in [5.41, 5.74) is 0.796. The lowest BCUT2D eigenvalue weighted by molar-refractivity contribution is -0.136. The molecule has 0 atom stereocenters. The minimum Gasteiger partial charge on any atom is -0.370 e. The molecule has 2 aromatic carbocycles. The van der Waals surface area contributed by atoms with Crippen molar-refractivity contribution >= 4 is 17.5 Å². The molecule has 2 saturated heterocycles. The largest absolute Gasteiger partial charge is 0.370 e. The van der Waals surface area contributed by atoms with Gasteiger partial charge in [-0.15, -0.1) is 0 Å². The van der Waals surface area contributed by atoms with Crippen LogP contribution in [-0.2, 0) is 4.79 Å². The summed E-state index contributed by atoms with van der Waals surface area (Å²) in [4.78, 5) is 31.2. The summed E-state index contributed by atoms with van der Waals surface area (Å²) >= 11 is 0. The van der Waals surface area contributed by atoms with Gasteiger partial charge in [-0.2, -0.15) is 0 Å². The van der Waals surface area contributed by atoms with E-state index in [1.807, 2.05) is 4.90 Å². The smallest absolute Gasteiger partial charge is 0.256 e. The highest BCUT2D eigenvalue weighted by molar-refractivity contribution is 5.94. The van der Waals surface area contributed by atoms with Gasteiger partial charge < -0.3 is 14.7 Å². The van der Waals surface area contributed by atoms with Crippen LogP contribution < -0.4 is 4.90 Å². The maximum Gasteiger partial charge on any atom is 0.256 e. The highest BCUT2D eigenvalue weighted by Crippen LogP contribution is 2.24. The SMILES string of the molecule is O=C(c1ccc(F)cc1F)N1CCC(C(=O)N2CCCN(c3ccc(F)cc3)CC2)CC1. The minimum atomic E-state index is -0.872. The third-order valence-electron chi connectivity index (χ3n) is 6.29. The second kappa shape index (κ2) is 9.63. The number of halogens is 3. The zero-order chi connectivity index (χ0) is 22.7. The topological polar surface area (TPSA) is 43.9 Å². The lowest BCUT2D eigenvalue weighted by Crippen LogP contribution is -2.45. The molecule has 5 nitrogen and oxygen atoms in total. The highest BCUT2D eigenvalue weighted by atomic mass is 19.1. The Morgan fingerprint density at radius 1 is 0.750 bits per heavy atom. The van der Waals surface area contributed by atoms with Crippen LogP contribution in [0, 0.1) is 23.4 Å². The van der Waals surface area contributed by atoms with Gasteiger partial charge in [0.1, 0.15) is 17.5 Å². The normalized spacial score (nSPS) is 17.9. The van der Waals surface area contributed by atoms with E-state index in [0.29, 0.717) is 51.6 Å². The summed E-state index contributed by atoms with van der Waals surface area (Å²) < 4.78 is 40.2. The van der Waals surface area contributed by atoms with Gasteiger partial charge in [0.05, 0.1) is 5.56 Å². The molecule has 2 aliphatic rings. The Kier molecular flexibility index (Phi) is 6.67. The van der Waals surface area contributed by atoms with Crippen LogP contribution in [0.5, 0.6) is 0 Å². The Morgan fingerprint density at radius 3 is 2.12 bits per heavy atom. The molecule has 0 saturated carbocycles. The van der Waals surface area contributed by atoms with E-state index in [-0.39, 0.29) is 23.2 Å². The van der Waals surface area contributed by atoms with Gasteiger partial charge in [0, 0.05) is 56.9 Å². The summed E-state index contributed by atoms with van der Waals surface area (Å²) in [5.74, 6) is -2.42. The molecule has 2 amide bonds. The number of anilines is 1. The highest BCUT2D eigenvalue weighted by Gasteiger charge is 2.32. The van der Waals surface area contributed by atoms with E-state index in [0.717, 1.165) is 30.8 Å². The third kappa shape index (κ3) is 4.89. The van der Waals surface area contributed by atoms with E-state index >= 15 is 0 Å². The summed E-state index contributed by atoms with van der Waals surface area (Å²) in [7, 11) is 0. The second-order valence-electron chi connectivity index (χ2n) is 8.33. The van der Waals surface area contributed by atoms with E-state index in [1.54, 1.807) is 12.1 Å². The second-order valence-corrected chi connectivity index (χ2v) is 8.33. The van der Waals surface area contributed by atoms with Crippen molar-refractivity contribution in [2.24, 2.45) is 5.92 Å². The Balaban J connectivity index is 1.31. The average molecular weight is 445 g/mol. The number of benzene rings is 2. The molecule has 4 rings (SSSR count). The van der Waals surface area contributed by atoms with E-state index in [1.165, 1.54) is 17.0 Å². The molecule has 0 aliphatic carbocycles. The van der Waals surface area contributed by atoms with Crippen molar-refractivity contribution in [2.45, 2.75) is 19.3 Å². The number of hydrogen-bond donors (Lipinski definition) is 0. The first-order chi connectivity index (χ1) is 15.4. The van der Waals surface area contributed by atoms with Crippen molar-refractivity contribution in [3.8, 4) is 0 Å². The first-order valence-corrected chi connectivity index (χ1v) is 11.0. The Labute approximate surface area is 185 Å². The van der Waals surface area contributed by atoms with Gasteiger partial charge in [-0.05, 0) is 55.7 Å². The molecule has 170 valence electrons. The summed E-state index contributed by atoms with van der Waals surface area (Å²) in [6, 6.07) is 9.33. The van der Waals surface area contributed by atoms with Crippen molar-refractivity contribution in [3.05, 3.63) is 65.5 Å². The molecule has 0 N–H and O–H groups in total. The Hall–Kier alpha value is -3.03. The number of nitrogens with zero attached hydrogens (tertiary/aromatic N) is 3. The molecule has 0 radical (unpaired) electrons.